The number of imidazole rings is 1. The first kappa shape index (κ1) is 12.9. The van der Waals surface area contributed by atoms with Gasteiger partial charge in [0.2, 0.25) is 0 Å². The van der Waals surface area contributed by atoms with Gasteiger partial charge in [0.15, 0.2) is 5.69 Å². The molecule has 0 spiro atoms. The lowest BCUT2D eigenvalue weighted by Crippen LogP contribution is -1.97. The van der Waals surface area contributed by atoms with Crippen molar-refractivity contribution in [3.63, 3.8) is 0 Å². The van der Waals surface area contributed by atoms with Crippen molar-refractivity contribution < 1.29 is 9.90 Å². The number of hydrogen-bond acceptors (Lipinski definition) is 2. The Morgan fingerprint density at radius 1 is 1.30 bits per heavy atom. The smallest absolute Gasteiger partial charge is 0.356 e. The minimum atomic E-state index is -1.03. The molecule has 0 bridgehead atoms. The van der Waals surface area contributed by atoms with Crippen LogP contribution in [0.5, 0.6) is 0 Å². The topological polar surface area (TPSA) is 54.6 Å². The number of fused-ring (bicyclic) bond motifs is 1. The van der Waals surface area contributed by atoms with Gasteiger partial charge >= 0.3 is 5.97 Å². The normalized spacial score (nSPS) is 10.9. The lowest BCUT2D eigenvalue weighted by atomic mass is 10.1. The molecule has 0 amide bonds. The van der Waals surface area contributed by atoms with Crippen molar-refractivity contribution in [1.29, 1.82) is 0 Å². The highest BCUT2D eigenvalue weighted by molar-refractivity contribution is 9.10. The Kier molecular flexibility index (Phi) is 3.06. The molecule has 3 rings (SSSR count). The van der Waals surface area contributed by atoms with Crippen molar-refractivity contribution in [3.05, 3.63) is 58.3 Å². The Bertz CT molecular complexity index is 824. The van der Waals surface area contributed by atoms with Gasteiger partial charge in [0.05, 0.1) is 5.52 Å². The maximum atomic E-state index is 11.3. The highest BCUT2D eigenvalue weighted by atomic mass is 79.9. The van der Waals surface area contributed by atoms with Crippen LogP contribution in [-0.2, 0) is 0 Å². The van der Waals surface area contributed by atoms with E-state index >= 15 is 0 Å². The molecule has 0 saturated carbocycles. The van der Waals surface area contributed by atoms with E-state index in [0.29, 0.717) is 11.3 Å². The van der Waals surface area contributed by atoms with Crippen molar-refractivity contribution >= 4 is 27.4 Å². The largest absolute Gasteiger partial charge is 0.476 e. The summed E-state index contributed by atoms with van der Waals surface area (Å²) in [6.45, 7) is 1.99. The lowest BCUT2D eigenvalue weighted by molar-refractivity contribution is 0.0693. The predicted molar refractivity (Wildman–Crippen MR) is 80.0 cm³/mol. The molecule has 0 saturated heterocycles. The zero-order chi connectivity index (χ0) is 14.3. The van der Waals surface area contributed by atoms with E-state index in [2.05, 4.69) is 20.9 Å². The third-order valence-corrected chi connectivity index (χ3v) is 3.58. The van der Waals surface area contributed by atoms with Gasteiger partial charge in [-0.15, -0.1) is 0 Å². The molecule has 2 heterocycles. The molecule has 4 nitrogen and oxygen atoms in total. The molecule has 3 aromatic rings. The van der Waals surface area contributed by atoms with Gasteiger partial charge in [0.1, 0.15) is 5.82 Å². The first-order valence-corrected chi connectivity index (χ1v) is 6.83. The van der Waals surface area contributed by atoms with Crippen molar-refractivity contribution in [1.82, 2.24) is 9.38 Å². The highest BCUT2D eigenvalue weighted by Crippen LogP contribution is 2.25. The fourth-order valence-electron chi connectivity index (χ4n) is 2.20. The molecule has 1 aromatic carbocycles. The van der Waals surface area contributed by atoms with E-state index in [9.17, 15) is 9.90 Å². The Morgan fingerprint density at radius 3 is 2.80 bits per heavy atom. The Labute approximate surface area is 123 Å². The van der Waals surface area contributed by atoms with Crippen LogP contribution in [0.15, 0.2) is 47.1 Å². The van der Waals surface area contributed by atoms with Crippen LogP contribution >= 0.6 is 15.9 Å². The monoisotopic (exact) mass is 330 g/mol. The third-order valence-electron chi connectivity index (χ3n) is 3.08. The van der Waals surface area contributed by atoms with Crippen LogP contribution < -0.4 is 0 Å². The van der Waals surface area contributed by atoms with Crippen molar-refractivity contribution in [3.8, 4) is 11.4 Å². The predicted octanol–water partition coefficient (Wildman–Crippen LogP) is 3.77. The SMILES string of the molecule is Cc1cccc(-c2nc(C(=O)O)c3cc(Br)ccn23)c1. The van der Waals surface area contributed by atoms with Crippen LogP contribution in [-0.4, -0.2) is 20.5 Å². The number of halogens is 1. The molecule has 0 fully saturated rings. The van der Waals surface area contributed by atoms with Gasteiger partial charge in [0, 0.05) is 16.2 Å². The number of carboxylic acid groups (broad SMARTS) is 1. The van der Waals surface area contributed by atoms with Crippen LogP contribution in [0.2, 0.25) is 0 Å². The maximum Gasteiger partial charge on any atom is 0.356 e. The number of benzene rings is 1. The molecule has 0 aliphatic carbocycles. The summed E-state index contributed by atoms with van der Waals surface area (Å²) < 4.78 is 2.62. The Hall–Kier alpha value is -2.14. The van der Waals surface area contributed by atoms with Crippen molar-refractivity contribution in [2.24, 2.45) is 0 Å². The number of carbonyl (C=O) groups is 1. The van der Waals surface area contributed by atoms with E-state index in [1.807, 2.05) is 43.5 Å². The summed E-state index contributed by atoms with van der Waals surface area (Å²) in [5.41, 5.74) is 2.63. The molecule has 1 N–H and O–H groups in total. The highest BCUT2D eigenvalue weighted by Gasteiger charge is 2.17. The summed E-state index contributed by atoms with van der Waals surface area (Å²) in [6, 6.07) is 11.5. The average molecular weight is 331 g/mol. The lowest BCUT2D eigenvalue weighted by Gasteiger charge is -2.02. The summed E-state index contributed by atoms with van der Waals surface area (Å²) in [6.07, 6.45) is 1.82. The van der Waals surface area contributed by atoms with E-state index in [1.54, 1.807) is 10.5 Å². The molecule has 0 atom stereocenters. The Morgan fingerprint density at radius 2 is 2.10 bits per heavy atom. The third kappa shape index (κ3) is 2.10. The van der Waals surface area contributed by atoms with Crippen molar-refractivity contribution in [2.75, 3.05) is 0 Å². The van der Waals surface area contributed by atoms with E-state index in [1.165, 1.54) is 0 Å². The van der Waals surface area contributed by atoms with Crippen LogP contribution in [0.4, 0.5) is 0 Å². The zero-order valence-electron chi connectivity index (χ0n) is 10.7. The first-order chi connectivity index (χ1) is 9.56. The number of aromatic carboxylic acids is 1. The van der Waals surface area contributed by atoms with Gasteiger partial charge in [-0.2, -0.15) is 0 Å². The number of hydrogen-bond donors (Lipinski definition) is 1. The summed E-state index contributed by atoms with van der Waals surface area (Å²) in [4.78, 5) is 15.6. The van der Waals surface area contributed by atoms with Gasteiger partial charge in [-0.1, -0.05) is 39.7 Å². The number of rotatable bonds is 2. The minimum Gasteiger partial charge on any atom is -0.476 e. The molecule has 5 heteroatoms. The molecule has 20 heavy (non-hydrogen) atoms. The van der Waals surface area contributed by atoms with Gasteiger partial charge in [-0.05, 0) is 25.1 Å². The van der Waals surface area contributed by atoms with Crippen LogP contribution in [0, 0.1) is 6.92 Å². The molecule has 0 radical (unpaired) electrons. The minimum absolute atomic E-state index is 0.0582. The van der Waals surface area contributed by atoms with Gasteiger partial charge in [-0.25, -0.2) is 9.78 Å². The number of aryl methyl sites for hydroxylation is 1. The quantitative estimate of drug-likeness (QED) is 0.778. The summed E-state index contributed by atoms with van der Waals surface area (Å²) >= 11 is 3.36. The molecule has 0 unspecified atom stereocenters. The van der Waals surface area contributed by atoms with E-state index in [-0.39, 0.29) is 5.69 Å². The number of aromatic nitrogens is 2. The summed E-state index contributed by atoms with van der Waals surface area (Å²) in [5.74, 6) is -0.395. The Balaban J connectivity index is 2.34. The second kappa shape index (κ2) is 4.76. The first-order valence-electron chi connectivity index (χ1n) is 6.04. The summed E-state index contributed by atoms with van der Waals surface area (Å²) in [7, 11) is 0. The molecular weight excluding hydrogens is 320 g/mol. The van der Waals surface area contributed by atoms with E-state index in [0.717, 1.165) is 15.6 Å². The second-order valence-corrected chi connectivity index (χ2v) is 5.47. The van der Waals surface area contributed by atoms with Gasteiger partial charge in [-0.3, -0.25) is 4.40 Å². The molecule has 0 aliphatic rings. The average Bonchev–Trinajstić information content (AvgIpc) is 2.77. The molecule has 100 valence electrons. The summed E-state index contributed by atoms with van der Waals surface area (Å²) in [5, 5.41) is 9.30. The maximum absolute atomic E-state index is 11.3. The van der Waals surface area contributed by atoms with Crippen molar-refractivity contribution in [2.45, 2.75) is 6.92 Å². The van der Waals surface area contributed by atoms with Gasteiger partial charge < -0.3 is 5.11 Å². The van der Waals surface area contributed by atoms with Crippen LogP contribution in [0.3, 0.4) is 0 Å². The van der Waals surface area contributed by atoms with E-state index < -0.39 is 5.97 Å². The second-order valence-electron chi connectivity index (χ2n) is 4.56. The number of carboxylic acids is 1. The molecule has 0 aliphatic heterocycles. The van der Waals surface area contributed by atoms with Gasteiger partial charge in [0.25, 0.3) is 0 Å². The van der Waals surface area contributed by atoms with Crippen LogP contribution in [0.1, 0.15) is 16.1 Å². The fourth-order valence-corrected chi connectivity index (χ4v) is 2.54. The van der Waals surface area contributed by atoms with E-state index in [4.69, 9.17) is 0 Å². The number of pyridine rings is 1. The molecule has 2 aromatic heterocycles. The zero-order valence-corrected chi connectivity index (χ0v) is 12.3. The number of nitrogens with zero attached hydrogens (tertiary/aromatic N) is 2. The molecular formula is C15H11BrN2O2. The standard InChI is InChI=1S/C15H11BrN2O2/c1-9-3-2-4-10(7-9)14-17-13(15(19)20)12-8-11(16)5-6-18(12)14/h2-8H,1H3,(H,19,20). The van der Waals surface area contributed by atoms with Crippen LogP contribution in [0.25, 0.3) is 16.9 Å². The fraction of sp³-hybridized carbons (Fsp3) is 0.0667.